The number of hydrogen-bond acceptors (Lipinski definition) is 3. The molecule has 0 aliphatic rings. The van der Waals surface area contributed by atoms with Crippen LogP contribution in [0.2, 0.25) is 0 Å². The zero-order valence-electron chi connectivity index (χ0n) is 8.36. The molecule has 0 radical (unpaired) electrons. The first-order valence-electron chi connectivity index (χ1n) is 4.57. The molecular formula is C9H9F3N4. The fourth-order valence-electron chi connectivity index (χ4n) is 1.40. The number of hydrogen-bond donors (Lipinski definition) is 1. The number of alkyl halides is 3. The number of nitrogens with zero attached hydrogens (tertiary/aromatic N) is 3. The minimum absolute atomic E-state index is 0.143. The molecule has 0 spiro atoms. The van der Waals surface area contributed by atoms with Gasteiger partial charge in [0, 0.05) is 17.8 Å². The molecule has 0 saturated heterocycles. The van der Waals surface area contributed by atoms with Gasteiger partial charge in [0.15, 0.2) is 5.65 Å². The highest BCUT2D eigenvalue weighted by molar-refractivity contribution is 5.48. The number of fused-ring (bicyclic) bond motifs is 1. The van der Waals surface area contributed by atoms with Gasteiger partial charge in [0.25, 0.3) is 5.82 Å². The molecule has 0 aliphatic heterocycles. The van der Waals surface area contributed by atoms with Crippen LogP contribution in [-0.4, -0.2) is 14.6 Å². The van der Waals surface area contributed by atoms with E-state index in [2.05, 4.69) is 10.1 Å². The van der Waals surface area contributed by atoms with Crippen LogP contribution >= 0.6 is 0 Å². The maximum absolute atomic E-state index is 12.4. The molecule has 4 nitrogen and oxygen atoms in total. The maximum Gasteiger partial charge on any atom is 0.453 e. The van der Waals surface area contributed by atoms with E-state index in [1.54, 1.807) is 19.1 Å². The Balaban J connectivity index is 2.66. The Morgan fingerprint density at radius 1 is 1.44 bits per heavy atom. The fraction of sp³-hybridized carbons (Fsp3) is 0.333. The van der Waals surface area contributed by atoms with Crippen molar-refractivity contribution in [2.75, 3.05) is 0 Å². The van der Waals surface area contributed by atoms with Crippen molar-refractivity contribution in [1.29, 1.82) is 0 Å². The minimum Gasteiger partial charge on any atom is -0.324 e. The Bertz CT molecular complexity index is 515. The van der Waals surface area contributed by atoms with Crippen molar-refractivity contribution in [2.45, 2.75) is 19.1 Å². The Morgan fingerprint density at radius 2 is 2.12 bits per heavy atom. The number of pyridine rings is 1. The quantitative estimate of drug-likeness (QED) is 0.812. The lowest BCUT2D eigenvalue weighted by Gasteiger charge is -2.04. The highest BCUT2D eigenvalue weighted by Gasteiger charge is 2.36. The van der Waals surface area contributed by atoms with Crippen LogP contribution < -0.4 is 5.73 Å². The molecule has 16 heavy (non-hydrogen) atoms. The first kappa shape index (κ1) is 10.9. The summed E-state index contributed by atoms with van der Waals surface area (Å²) in [7, 11) is 0. The summed E-state index contributed by atoms with van der Waals surface area (Å²) in [4.78, 5) is 3.45. The predicted octanol–water partition coefficient (Wildman–Crippen LogP) is 1.77. The third-order valence-corrected chi connectivity index (χ3v) is 2.14. The van der Waals surface area contributed by atoms with Crippen LogP contribution in [0.1, 0.15) is 24.4 Å². The molecule has 1 atom stereocenters. The summed E-state index contributed by atoms with van der Waals surface area (Å²) in [5.41, 5.74) is 6.31. The van der Waals surface area contributed by atoms with Crippen molar-refractivity contribution in [3.05, 3.63) is 29.7 Å². The van der Waals surface area contributed by atoms with Gasteiger partial charge in [-0.05, 0) is 13.0 Å². The standard InChI is InChI=1S/C9H9F3N4/c1-5(13)6-3-2-4-16-7(6)14-8(15-16)9(10,11)12/h2-5H,13H2,1H3. The van der Waals surface area contributed by atoms with Crippen molar-refractivity contribution < 1.29 is 13.2 Å². The van der Waals surface area contributed by atoms with Gasteiger partial charge in [-0.15, -0.1) is 5.10 Å². The van der Waals surface area contributed by atoms with Gasteiger partial charge in [0.05, 0.1) is 0 Å². The van der Waals surface area contributed by atoms with Gasteiger partial charge in [-0.3, -0.25) is 0 Å². The Hall–Kier alpha value is -1.63. The number of halogens is 3. The Labute approximate surface area is 88.9 Å². The van der Waals surface area contributed by atoms with Gasteiger partial charge in [-0.25, -0.2) is 9.50 Å². The lowest BCUT2D eigenvalue weighted by atomic mass is 10.1. The van der Waals surface area contributed by atoms with Crippen molar-refractivity contribution in [3.63, 3.8) is 0 Å². The van der Waals surface area contributed by atoms with Crippen molar-refractivity contribution in [3.8, 4) is 0 Å². The molecular weight excluding hydrogens is 221 g/mol. The van der Waals surface area contributed by atoms with Crippen molar-refractivity contribution in [2.24, 2.45) is 5.73 Å². The second kappa shape index (κ2) is 3.44. The third kappa shape index (κ3) is 1.73. The molecule has 7 heteroatoms. The maximum atomic E-state index is 12.4. The topological polar surface area (TPSA) is 56.2 Å². The van der Waals surface area contributed by atoms with E-state index >= 15 is 0 Å². The summed E-state index contributed by atoms with van der Waals surface area (Å²) in [6.45, 7) is 1.68. The van der Waals surface area contributed by atoms with Gasteiger partial charge in [-0.1, -0.05) is 6.07 Å². The monoisotopic (exact) mass is 230 g/mol. The third-order valence-electron chi connectivity index (χ3n) is 2.14. The first-order valence-corrected chi connectivity index (χ1v) is 4.57. The van der Waals surface area contributed by atoms with E-state index in [1.807, 2.05) is 0 Å². The molecule has 0 bridgehead atoms. The van der Waals surface area contributed by atoms with E-state index in [0.717, 1.165) is 4.52 Å². The molecule has 2 aromatic heterocycles. The minimum atomic E-state index is -4.54. The highest BCUT2D eigenvalue weighted by atomic mass is 19.4. The van der Waals surface area contributed by atoms with Crippen LogP contribution in [0.4, 0.5) is 13.2 Å². The number of rotatable bonds is 1. The normalized spacial score (nSPS) is 14.3. The summed E-state index contributed by atoms with van der Waals surface area (Å²) in [6, 6.07) is 2.82. The van der Waals surface area contributed by atoms with E-state index < -0.39 is 18.0 Å². The van der Waals surface area contributed by atoms with Crippen molar-refractivity contribution in [1.82, 2.24) is 14.6 Å². The van der Waals surface area contributed by atoms with Crippen LogP contribution in [0.25, 0.3) is 5.65 Å². The fourth-order valence-corrected chi connectivity index (χ4v) is 1.40. The van der Waals surface area contributed by atoms with E-state index in [9.17, 15) is 13.2 Å². The molecule has 2 aromatic rings. The van der Waals surface area contributed by atoms with Crippen LogP contribution in [0.15, 0.2) is 18.3 Å². The van der Waals surface area contributed by atoms with E-state index in [-0.39, 0.29) is 5.65 Å². The van der Waals surface area contributed by atoms with Crippen LogP contribution in [-0.2, 0) is 6.18 Å². The molecule has 0 aromatic carbocycles. The van der Waals surface area contributed by atoms with Gasteiger partial charge < -0.3 is 5.73 Å². The number of nitrogens with two attached hydrogens (primary N) is 1. The molecule has 0 amide bonds. The second-order valence-corrected chi connectivity index (χ2v) is 3.45. The van der Waals surface area contributed by atoms with Gasteiger partial charge in [-0.2, -0.15) is 13.2 Å². The average molecular weight is 230 g/mol. The predicted molar refractivity (Wildman–Crippen MR) is 50.6 cm³/mol. The Morgan fingerprint density at radius 3 is 2.69 bits per heavy atom. The molecule has 86 valence electrons. The number of aromatic nitrogens is 3. The smallest absolute Gasteiger partial charge is 0.324 e. The summed E-state index contributed by atoms with van der Waals surface area (Å²) < 4.78 is 38.3. The van der Waals surface area contributed by atoms with Crippen molar-refractivity contribution >= 4 is 5.65 Å². The molecule has 0 aliphatic carbocycles. The van der Waals surface area contributed by atoms with Crippen LogP contribution in [0.5, 0.6) is 0 Å². The largest absolute Gasteiger partial charge is 0.453 e. The average Bonchev–Trinajstić information content (AvgIpc) is 2.59. The molecule has 0 saturated carbocycles. The van der Waals surface area contributed by atoms with Gasteiger partial charge >= 0.3 is 6.18 Å². The molecule has 0 fully saturated rings. The zero-order valence-corrected chi connectivity index (χ0v) is 8.36. The molecule has 2 rings (SSSR count). The van der Waals surface area contributed by atoms with E-state index in [1.165, 1.54) is 6.20 Å². The highest BCUT2D eigenvalue weighted by Crippen LogP contribution is 2.27. The van der Waals surface area contributed by atoms with Crippen LogP contribution in [0, 0.1) is 0 Å². The SMILES string of the molecule is CC(N)c1cccn2nc(C(F)(F)F)nc12. The van der Waals surface area contributed by atoms with Gasteiger partial charge in [0.2, 0.25) is 0 Å². The summed E-state index contributed by atoms with van der Waals surface area (Å²) in [5, 5.41) is 3.35. The first-order chi connectivity index (χ1) is 7.39. The zero-order chi connectivity index (χ0) is 11.9. The van der Waals surface area contributed by atoms with Gasteiger partial charge in [0.1, 0.15) is 0 Å². The van der Waals surface area contributed by atoms with E-state index in [0.29, 0.717) is 5.56 Å². The lowest BCUT2D eigenvalue weighted by molar-refractivity contribution is -0.144. The van der Waals surface area contributed by atoms with E-state index in [4.69, 9.17) is 5.73 Å². The summed E-state index contributed by atoms with van der Waals surface area (Å²) >= 11 is 0. The lowest BCUT2D eigenvalue weighted by Crippen LogP contribution is -2.07. The Kier molecular flexibility index (Phi) is 2.34. The second-order valence-electron chi connectivity index (χ2n) is 3.45. The van der Waals surface area contributed by atoms with Crippen LogP contribution in [0.3, 0.4) is 0 Å². The summed E-state index contributed by atoms with van der Waals surface area (Å²) in [5.74, 6) is -1.15. The molecule has 2 N–H and O–H groups in total. The molecule has 1 unspecified atom stereocenters. The summed E-state index contributed by atoms with van der Waals surface area (Å²) in [6.07, 6.45) is -3.13. The molecule has 2 heterocycles.